The lowest BCUT2D eigenvalue weighted by molar-refractivity contribution is 0.110. The third-order valence-electron chi connectivity index (χ3n) is 5.68. The molecule has 29 heavy (non-hydrogen) atoms. The second kappa shape index (κ2) is 7.94. The molecular weight excluding hydrogens is 390 g/mol. The van der Waals surface area contributed by atoms with Crippen LogP contribution >= 0.6 is 11.6 Å². The van der Waals surface area contributed by atoms with Crippen molar-refractivity contribution in [3.8, 4) is 11.8 Å². The summed E-state index contributed by atoms with van der Waals surface area (Å²) in [7, 11) is 1.56. The Hall–Kier alpha value is -2.75. The molecule has 6 nitrogen and oxygen atoms in total. The molecule has 1 N–H and O–H groups in total. The van der Waals surface area contributed by atoms with E-state index in [1.165, 1.54) is 0 Å². The third-order valence-corrected chi connectivity index (χ3v) is 5.98. The molecule has 0 saturated heterocycles. The summed E-state index contributed by atoms with van der Waals surface area (Å²) >= 11 is 6.26. The van der Waals surface area contributed by atoms with E-state index in [4.69, 9.17) is 16.3 Å². The lowest BCUT2D eigenvalue weighted by Crippen LogP contribution is -2.31. The Morgan fingerprint density at radius 1 is 1.17 bits per heavy atom. The van der Waals surface area contributed by atoms with Crippen LogP contribution in [0, 0.1) is 11.3 Å². The van der Waals surface area contributed by atoms with Crippen molar-refractivity contribution in [2.24, 2.45) is 0 Å². The van der Waals surface area contributed by atoms with Crippen LogP contribution in [-0.4, -0.2) is 27.5 Å². The van der Waals surface area contributed by atoms with Crippen LogP contribution in [0.1, 0.15) is 42.9 Å². The van der Waals surface area contributed by atoms with E-state index < -0.39 is 0 Å². The maximum absolute atomic E-state index is 13.4. The van der Waals surface area contributed by atoms with Crippen molar-refractivity contribution >= 4 is 22.6 Å². The molecule has 0 aliphatic heterocycles. The highest BCUT2D eigenvalue weighted by Crippen LogP contribution is 2.31. The highest BCUT2D eigenvalue weighted by molar-refractivity contribution is 6.32. The zero-order valence-electron chi connectivity index (χ0n) is 16.1. The summed E-state index contributed by atoms with van der Waals surface area (Å²) in [6, 6.07) is 13.0. The summed E-state index contributed by atoms with van der Waals surface area (Å²) in [5.74, 6) is 0.581. The van der Waals surface area contributed by atoms with Gasteiger partial charge in [0.15, 0.2) is 0 Å². The summed E-state index contributed by atoms with van der Waals surface area (Å²) < 4.78 is 8.73. The number of nitriles is 1. The summed E-state index contributed by atoms with van der Waals surface area (Å²) in [6.45, 7) is 0.344. The largest absolute Gasteiger partial charge is 0.495 e. The van der Waals surface area contributed by atoms with E-state index in [1.807, 2.05) is 16.7 Å². The Labute approximate surface area is 173 Å². The number of nitrogens with zero attached hydrogens (tertiary/aromatic N) is 3. The fourth-order valence-electron chi connectivity index (χ4n) is 4.16. The van der Waals surface area contributed by atoms with Crippen molar-refractivity contribution in [1.29, 1.82) is 5.26 Å². The van der Waals surface area contributed by atoms with Gasteiger partial charge in [-0.25, -0.2) is 4.79 Å². The van der Waals surface area contributed by atoms with E-state index in [0.29, 0.717) is 35.7 Å². The molecule has 0 spiro atoms. The van der Waals surface area contributed by atoms with Gasteiger partial charge in [-0.3, -0.25) is 9.13 Å². The second-order valence-electron chi connectivity index (χ2n) is 7.49. The first-order valence-electron chi connectivity index (χ1n) is 9.67. The fourth-order valence-corrected chi connectivity index (χ4v) is 4.44. The van der Waals surface area contributed by atoms with Crippen molar-refractivity contribution in [3.05, 3.63) is 63.0 Å². The smallest absolute Gasteiger partial charge is 0.329 e. The molecule has 0 unspecified atom stereocenters. The Kier molecular flexibility index (Phi) is 5.35. The van der Waals surface area contributed by atoms with Crippen LogP contribution in [0.15, 0.2) is 41.2 Å². The van der Waals surface area contributed by atoms with Crippen molar-refractivity contribution in [1.82, 2.24) is 9.13 Å². The van der Waals surface area contributed by atoms with Gasteiger partial charge >= 0.3 is 5.69 Å². The molecule has 0 atom stereocenters. The van der Waals surface area contributed by atoms with Gasteiger partial charge in [-0.05, 0) is 61.6 Å². The fraction of sp³-hybridized carbons (Fsp3) is 0.364. The number of halogens is 1. The van der Waals surface area contributed by atoms with Gasteiger partial charge < -0.3 is 9.84 Å². The summed E-state index contributed by atoms with van der Waals surface area (Å²) in [5, 5.41) is 19.7. The van der Waals surface area contributed by atoms with Gasteiger partial charge in [0.25, 0.3) is 0 Å². The molecule has 1 saturated carbocycles. The standard InChI is InChI=1S/C22H22ClN3O3/c1-29-21-9-3-15(10-18(21)23)13-25-20-11-14(12-24)2-8-19(20)26(22(25)28)16-4-6-17(27)7-5-16/h2-3,8-11,16-17,27H,4-7,13H2,1H3/t16-,17-. The molecule has 0 bridgehead atoms. The number of benzene rings is 2. The van der Waals surface area contributed by atoms with Crippen LogP contribution in [0.3, 0.4) is 0 Å². The van der Waals surface area contributed by atoms with Gasteiger partial charge in [0, 0.05) is 6.04 Å². The molecule has 1 aromatic heterocycles. The number of imidazole rings is 1. The molecule has 2 aromatic carbocycles. The molecule has 1 aliphatic carbocycles. The van der Waals surface area contributed by atoms with Gasteiger partial charge in [-0.15, -0.1) is 0 Å². The molecule has 7 heteroatoms. The number of aliphatic hydroxyl groups is 1. The van der Waals surface area contributed by atoms with Gasteiger partial charge in [0.05, 0.1) is 47.4 Å². The first-order valence-corrected chi connectivity index (χ1v) is 10.0. The van der Waals surface area contributed by atoms with E-state index >= 15 is 0 Å². The van der Waals surface area contributed by atoms with Crippen LogP contribution in [0.5, 0.6) is 5.75 Å². The van der Waals surface area contributed by atoms with E-state index in [-0.39, 0.29) is 17.8 Å². The molecule has 0 amide bonds. The van der Waals surface area contributed by atoms with E-state index in [1.54, 1.807) is 35.9 Å². The SMILES string of the molecule is COc1ccc(Cn2c(=O)n([C@H]3CC[C@H](O)CC3)c3ccc(C#N)cc32)cc1Cl. The minimum atomic E-state index is -0.290. The Morgan fingerprint density at radius 2 is 1.93 bits per heavy atom. The topological polar surface area (TPSA) is 80.2 Å². The number of aromatic nitrogens is 2. The van der Waals surface area contributed by atoms with Crippen LogP contribution in [0.4, 0.5) is 0 Å². The Balaban J connectivity index is 1.82. The second-order valence-corrected chi connectivity index (χ2v) is 7.89. The molecule has 1 heterocycles. The Bertz CT molecular complexity index is 1150. The zero-order chi connectivity index (χ0) is 20.5. The highest BCUT2D eigenvalue weighted by Gasteiger charge is 2.25. The van der Waals surface area contributed by atoms with Gasteiger partial charge in [-0.1, -0.05) is 17.7 Å². The number of hydrogen-bond acceptors (Lipinski definition) is 4. The molecule has 0 radical (unpaired) electrons. The van der Waals surface area contributed by atoms with Crippen molar-refractivity contribution in [2.45, 2.75) is 44.4 Å². The summed E-state index contributed by atoms with van der Waals surface area (Å²) in [6.07, 6.45) is 2.60. The van der Waals surface area contributed by atoms with Crippen molar-refractivity contribution in [3.63, 3.8) is 0 Å². The number of hydrogen-bond donors (Lipinski definition) is 1. The van der Waals surface area contributed by atoms with E-state index in [0.717, 1.165) is 29.4 Å². The normalized spacial score (nSPS) is 19.2. The van der Waals surface area contributed by atoms with Crippen molar-refractivity contribution in [2.75, 3.05) is 7.11 Å². The average molecular weight is 412 g/mol. The van der Waals surface area contributed by atoms with Crippen molar-refractivity contribution < 1.29 is 9.84 Å². The third kappa shape index (κ3) is 3.64. The lowest BCUT2D eigenvalue weighted by Gasteiger charge is -2.26. The number of ether oxygens (including phenoxy) is 1. The summed E-state index contributed by atoms with van der Waals surface area (Å²) in [4.78, 5) is 13.4. The van der Waals surface area contributed by atoms with Gasteiger partial charge in [0.2, 0.25) is 0 Å². The first-order chi connectivity index (χ1) is 14.0. The Morgan fingerprint density at radius 3 is 2.59 bits per heavy atom. The van der Waals surface area contributed by atoms with Crippen LogP contribution in [0.2, 0.25) is 5.02 Å². The molecule has 150 valence electrons. The monoisotopic (exact) mass is 411 g/mol. The number of rotatable bonds is 4. The lowest BCUT2D eigenvalue weighted by atomic mass is 9.93. The van der Waals surface area contributed by atoms with Crippen LogP contribution < -0.4 is 10.4 Å². The maximum Gasteiger partial charge on any atom is 0.329 e. The number of aliphatic hydroxyl groups excluding tert-OH is 1. The summed E-state index contributed by atoms with van der Waals surface area (Å²) in [5.41, 5.74) is 2.82. The predicted octanol–water partition coefficient (Wildman–Crippen LogP) is 3.86. The highest BCUT2D eigenvalue weighted by atomic mass is 35.5. The number of fused-ring (bicyclic) bond motifs is 1. The number of methoxy groups -OCH3 is 1. The first kappa shape index (κ1) is 19.6. The average Bonchev–Trinajstić information content (AvgIpc) is 3.00. The van der Waals surface area contributed by atoms with Crippen LogP contribution in [0.25, 0.3) is 11.0 Å². The minimum Gasteiger partial charge on any atom is -0.495 e. The zero-order valence-corrected chi connectivity index (χ0v) is 16.9. The molecule has 1 aliphatic rings. The van der Waals surface area contributed by atoms with Gasteiger partial charge in [0.1, 0.15) is 5.75 Å². The molecule has 1 fully saturated rings. The maximum atomic E-state index is 13.4. The molecular formula is C22H22ClN3O3. The molecule has 3 aromatic rings. The van der Waals surface area contributed by atoms with E-state index in [9.17, 15) is 15.2 Å². The predicted molar refractivity (Wildman–Crippen MR) is 112 cm³/mol. The molecule has 4 rings (SSSR count). The van der Waals surface area contributed by atoms with E-state index in [2.05, 4.69) is 6.07 Å². The van der Waals surface area contributed by atoms with Gasteiger partial charge in [-0.2, -0.15) is 5.26 Å². The van der Waals surface area contributed by atoms with Crippen LogP contribution in [-0.2, 0) is 6.54 Å². The minimum absolute atomic E-state index is 0.0436. The quantitative estimate of drug-likeness (QED) is 0.706.